The van der Waals surface area contributed by atoms with Crippen LogP contribution in [0.4, 0.5) is 4.39 Å². The second-order valence-corrected chi connectivity index (χ2v) is 7.34. The standard InChI is InChI=1S/C12H16FNO5S/c1-8-6-10(15)14(7-9(8)13)5-4-12(2,11(16)17)20(3,18)19/h6-7H,4-5H2,1-3H3,(H,16,17)/t12-/m1/s1. The fraction of sp³-hybridized carbons (Fsp3) is 0.500. The molecule has 0 aliphatic carbocycles. The third kappa shape index (κ3) is 3.06. The number of rotatable bonds is 5. The van der Waals surface area contributed by atoms with Crippen molar-refractivity contribution in [3.05, 3.63) is 34.0 Å². The monoisotopic (exact) mass is 305 g/mol. The van der Waals surface area contributed by atoms with E-state index in [9.17, 15) is 22.4 Å². The highest BCUT2D eigenvalue weighted by Gasteiger charge is 2.43. The van der Waals surface area contributed by atoms with Gasteiger partial charge in [-0.2, -0.15) is 0 Å². The van der Waals surface area contributed by atoms with E-state index in [-0.39, 0.29) is 18.5 Å². The van der Waals surface area contributed by atoms with E-state index in [0.717, 1.165) is 30.0 Å². The number of carboxylic acid groups (broad SMARTS) is 1. The molecule has 1 aromatic rings. The van der Waals surface area contributed by atoms with Crippen LogP contribution >= 0.6 is 0 Å². The maximum Gasteiger partial charge on any atom is 0.324 e. The predicted molar refractivity (Wildman–Crippen MR) is 70.9 cm³/mol. The summed E-state index contributed by atoms with van der Waals surface area (Å²) >= 11 is 0. The van der Waals surface area contributed by atoms with Crippen LogP contribution in [0.15, 0.2) is 17.1 Å². The molecule has 0 unspecified atom stereocenters. The Morgan fingerprint density at radius 3 is 2.50 bits per heavy atom. The van der Waals surface area contributed by atoms with E-state index in [0.29, 0.717) is 0 Å². The summed E-state index contributed by atoms with van der Waals surface area (Å²) in [4.78, 5) is 22.8. The lowest BCUT2D eigenvalue weighted by atomic mass is 10.1. The van der Waals surface area contributed by atoms with E-state index < -0.39 is 31.9 Å². The van der Waals surface area contributed by atoms with Gasteiger partial charge in [-0.1, -0.05) is 0 Å². The molecule has 1 rings (SSSR count). The van der Waals surface area contributed by atoms with Crippen LogP contribution in [0.25, 0.3) is 0 Å². The lowest BCUT2D eigenvalue weighted by Gasteiger charge is -2.23. The van der Waals surface area contributed by atoms with Crippen LogP contribution in [-0.4, -0.2) is 35.1 Å². The highest BCUT2D eigenvalue weighted by Crippen LogP contribution is 2.22. The SMILES string of the molecule is Cc1cc(=O)n(CC[C@](C)(C(=O)O)S(C)(=O)=O)cc1F. The first-order valence-corrected chi connectivity index (χ1v) is 7.68. The van der Waals surface area contributed by atoms with E-state index in [1.54, 1.807) is 0 Å². The molecule has 8 heteroatoms. The average Bonchev–Trinajstić information content (AvgIpc) is 2.29. The van der Waals surface area contributed by atoms with Gasteiger partial charge in [0.2, 0.25) is 0 Å². The van der Waals surface area contributed by atoms with Gasteiger partial charge in [0.1, 0.15) is 5.82 Å². The van der Waals surface area contributed by atoms with Crippen LogP contribution < -0.4 is 5.56 Å². The Labute approximate surface area is 115 Å². The van der Waals surface area contributed by atoms with Crippen molar-refractivity contribution in [1.82, 2.24) is 4.57 Å². The lowest BCUT2D eigenvalue weighted by Crippen LogP contribution is -2.44. The number of hydrogen-bond acceptors (Lipinski definition) is 4. The number of hydrogen-bond donors (Lipinski definition) is 1. The molecule has 1 aromatic heterocycles. The van der Waals surface area contributed by atoms with Crippen molar-refractivity contribution in [1.29, 1.82) is 0 Å². The summed E-state index contributed by atoms with van der Waals surface area (Å²) in [5, 5.41) is 9.07. The van der Waals surface area contributed by atoms with Gasteiger partial charge in [-0.25, -0.2) is 12.8 Å². The minimum Gasteiger partial charge on any atom is -0.480 e. The minimum atomic E-state index is -3.87. The van der Waals surface area contributed by atoms with Gasteiger partial charge >= 0.3 is 5.97 Å². The van der Waals surface area contributed by atoms with Crippen LogP contribution in [0.3, 0.4) is 0 Å². The van der Waals surface area contributed by atoms with Gasteiger partial charge in [0.15, 0.2) is 14.6 Å². The maximum atomic E-state index is 13.4. The number of aliphatic carboxylic acids is 1. The number of nitrogens with zero attached hydrogens (tertiary/aromatic N) is 1. The topological polar surface area (TPSA) is 93.4 Å². The Morgan fingerprint density at radius 2 is 2.05 bits per heavy atom. The van der Waals surface area contributed by atoms with Crippen LogP contribution in [0, 0.1) is 12.7 Å². The molecule has 20 heavy (non-hydrogen) atoms. The molecule has 0 spiro atoms. The van der Waals surface area contributed by atoms with Crippen molar-refractivity contribution in [2.75, 3.05) is 6.26 Å². The number of carboxylic acids is 1. The van der Waals surface area contributed by atoms with Crippen LogP contribution in [-0.2, 0) is 21.2 Å². The molecule has 0 fully saturated rings. The van der Waals surface area contributed by atoms with E-state index in [1.165, 1.54) is 6.92 Å². The third-order valence-electron chi connectivity index (χ3n) is 3.37. The third-order valence-corrected chi connectivity index (χ3v) is 5.38. The zero-order valence-corrected chi connectivity index (χ0v) is 12.2. The van der Waals surface area contributed by atoms with Crippen molar-refractivity contribution in [3.8, 4) is 0 Å². The molecular formula is C12H16FNO5S. The van der Waals surface area contributed by atoms with Crippen LogP contribution in [0.5, 0.6) is 0 Å². The lowest BCUT2D eigenvalue weighted by molar-refractivity contribution is -0.139. The largest absolute Gasteiger partial charge is 0.480 e. The molecule has 0 saturated carbocycles. The summed E-state index contributed by atoms with van der Waals surface area (Å²) < 4.78 is 35.5. The number of halogens is 1. The first kappa shape index (κ1) is 16.4. The van der Waals surface area contributed by atoms with Crippen molar-refractivity contribution < 1.29 is 22.7 Å². The quantitative estimate of drug-likeness (QED) is 0.858. The first-order chi connectivity index (χ1) is 8.99. The summed E-state index contributed by atoms with van der Waals surface area (Å²) in [6.07, 6.45) is 1.44. The van der Waals surface area contributed by atoms with Crippen molar-refractivity contribution in [2.45, 2.75) is 31.6 Å². The highest BCUT2D eigenvalue weighted by molar-refractivity contribution is 7.92. The number of pyridine rings is 1. The molecule has 0 saturated heterocycles. The Hall–Kier alpha value is -1.70. The molecule has 0 radical (unpaired) electrons. The van der Waals surface area contributed by atoms with E-state index in [1.807, 2.05) is 0 Å². The smallest absolute Gasteiger partial charge is 0.324 e. The second-order valence-electron chi connectivity index (χ2n) is 4.89. The second kappa shape index (κ2) is 5.35. The van der Waals surface area contributed by atoms with Crippen molar-refractivity contribution in [2.24, 2.45) is 0 Å². The molecule has 1 atom stereocenters. The minimum absolute atomic E-state index is 0.176. The van der Waals surface area contributed by atoms with Gasteiger partial charge in [-0.3, -0.25) is 9.59 Å². The van der Waals surface area contributed by atoms with Gasteiger partial charge in [0.25, 0.3) is 5.56 Å². The molecule has 0 bridgehead atoms. The molecule has 1 N–H and O–H groups in total. The summed E-state index contributed by atoms with van der Waals surface area (Å²) in [6, 6.07) is 1.08. The first-order valence-electron chi connectivity index (χ1n) is 5.78. The van der Waals surface area contributed by atoms with Gasteiger partial charge in [-0.15, -0.1) is 0 Å². The number of sulfone groups is 1. The van der Waals surface area contributed by atoms with E-state index >= 15 is 0 Å². The molecule has 6 nitrogen and oxygen atoms in total. The number of aromatic nitrogens is 1. The van der Waals surface area contributed by atoms with Crippen molar-refractivity contribution >= 4 is 15.8 Å². The fourth-order valence-corrected chi connectivity index (χ4v) is 2.38. The van der Waals surface area contributed by atoms with E-state index in [2.05, 4.69) is 0 Å². The van der Waals surface area contributed by atoms with Gasteiger partial charge in [0, 0.05) is 25.1 Å². The summed E-state index contributed by atoms with van der Waals surface area (Å²) in [5.41, 5.74) is -0.333. The predicted octanol–water partition coefficient (Wildman–Crippen LogP) is 0.574. The zero-order valence-electron chi connectivity index (χ0n) is 11.4. The Bertz CT molecular complexity index is 694. The Morgan fingerprint density at radius 1 is 1.50 bits per heavy atom. The molecule has 0 aliphatic heterocycles. The average molecular weight is 305 g/mol. The number of carbonyl (C=O) groups is 1. The normalized spacial score (nSPS) is 14.8. The summed E-state index contributed by atoms with van der Waals surface area (Å²) in [6.45, 7) is 2.30. The molecule has 0 aliphatic rings. The molecule has 0 aromatic carbocycles. The molecular weight excluding hydrogens is 289 g/mol. The molecule has 112 valence electrons. The van der Waals surface area contributed by atoms with Gasteiger partial charge < -0.3 is 9.67 Å². The number of aryl methyl sites for hydroxylation is 2. The fourth-order valence-electron chi connectivity index (χ4n) is 1.60. The Kier molecular flexibility index (Phi) is 4.38. The maximum absolute atomic E-state index is 13.4. The zero-order chi connectivity index (χ0) is 15.7. The van der Waals surface area contributed by atoms with Gasteiger partial charge in [0.05, 0.1) is 0 Å². The van der Waals surface area contributed by atoms with Crippen LogP contribution in [0.1, 0.15) is 18.9 Å². The molecule has 1 heterocycles. The Balaban J connectivity index is 3.10. The van der Waals surface area contributed by atoms with Crippen LogP contribution in [0.2, 0.25) is 0 Å². The molecule has 0 amide bonds. The highest BCUT2D eigenvalue weighted by atomic mass is 32.2. The van der Waals surface area contributed by atoms with Gasteiger partial charge in [-0.05, 0) is 25.8 Å². The van der Waals surface area contributed by atoms with E-state index in [4.69, 9.17) is 5.11 Å². The summed E-state index contributed by atoms with van der Waals surface area (Å²) in [7, 11) is -3.87. The summed E-state index contributed by atoms with van der Waals surface area (Å²) in [5.74, 6) is -2.11. The van der Waals surface area contributed by atoms with Crippen molar-refractivity contribution in [3.63, 3.8) is 0 Å².